The number of halogens is 1. The first-order chi connectivity index (χ1) is 8.72. The number of carbonyl (C=O) groups excluding carboxylic acids is 1. The van der Waals surface area contributed by atoms with E-state index in [2.05, 4.69) is 10.3 Å². The van der Waals surface area contributed by atoms with Crippen molar-refractivity contribution in [2.75, 3.05) is 38.2 Å². The molecule has 0 aliphatic carbocycles. The predicted molar refractivity (Wildman–Crippen MR) is 65.7 cm³/mol. The van der Waals surface area contributed by atoms with E-state index in [-0.39, 0.29) is 11.8 Å². The van der Waals surface area contributed by atoms with Gasteiger partial charge in [0.1, 0.15) is 5.82 Å². The zero-order valence-electron chi connectivity index (χ0n) is 10.2. The largest absolute Gasteiger partial charge is 0.366 e. The number of benzene rings is 1. The molecule has 1 aliphatic rings. The van der Waals surface area contributed by atoms with Gasteiger partial charge >= 0.3 is 6.03 Å². The van der Waals surface area contributed by atoms with Crippen molar-refractivity contribution in [3.05, 3.63) is 30.1 Å². The fourth-order valence-electron chi connectivity index (χ4n) is 2.01. The SMILES string of the molecule is CONC(=O)N1CCN(c2ccccc2F)CC1. The molecule has 1 heterocycles. The predicted octanol–water partition coefficient (Wildman–Crippen LogP) is 1.22. The third-order valence-corrected chi connectivity index (χ3v) is 2.95. The van der Waals surface area contributed by atoms with Crippen LogP contribution >= 0.6 is 0 Å². The monoisotopic (exact) mass is 253 g/mol. The number of para-hydroxylation sites is 1. The molecule has 1 fully saturated rings. The molecule has 0 bridgehead atoms. The highest BCUT2D eigenvalue weighted by molar-refractivity contribution is 5.73. The maximum Gasteiger partial charge on any atom is 0.341 e. The van der Waals surface area contributed by atoms with Gasteiger partial charge in [-0.15, -0.1) is 0 Å². The highest BCUT2D eigenvalue weighted by atomic mass is 19.1. The molecule has 1 N–H and O–H groups in total. The van der Waals surface area contributed by atoms with Gasteiger partial charge in [0, 0.05) is 26.2 Å². The first-order valence-electron chi connectivity index (χ1n) is 5.79. The second-order valence-corrected chi connectivity index (χ2v) is 4.04. The van der Waals surface area contributed by atoms with Gasteiger partial charge in [0.05, 0.1) is 12.8 Å². The molecular weight excluding hydrogens is 237 g/mol. The van der Waals surface area contributed by atoms with Crippen molar-refractivity contribution < 1.29 is 14.0 Å². The maximum atomic E-state index is 13.6. The number of rotatable bonds is 2. The van der Waals surface area contributed by atoms with Gasteiger partial charge in [0.15, 0.2) is 0 Å². The van der Waals surface area contributed by atoms with Crippen molar-refractivity contribution in [2.45, 2.75) is 0 Å². The number of hydroxylamine groups is 1. The fraction of sp³-hybridized carbons (Fsp3) is 0.417. The highest BCUT2D eigenvalue weighted by Gasteiger charge is 2.22. The summed E-state index contributed by atoms with van der Waals surface area (Å²) in [7, 11) is 1.40. The minimum absolute atomic E-state index is 0.229. The molecule has 0 spiro atoms. The third-order valence-electron chi connectivity index (χ3n) is 2.95. The number of nitrogens with one attached hydrogen (secondary N) is 1. The van der Waals surface area contributed by atoms with Crippen LogP contribution in [0.3, 0.4) is 0 Å². The lowest BCUT2D eigenvalue weighted by Crippen LogP contribution is -2.51. The molecule has 1 aliphatic heterocycles. The van der Waals surface area contributed by atoms with Crippen LogP contribution in [0.2, 0.25) is 0 Å². The number of urea groups is 1. The van der Waals surface area contributed by atoms with Crippen molar-refractivity contribution in [1.29, 1.82) is 0 Å². The van der Waals surface area contributed by atoms with E-state index in [1.165, 1.54) is 13.2 Å². The summed E-state index contributed by atoms with van der Waals surface area (Å²) >= 11 is 0. The van der Waals surface area contributed by atoms with E-state index < -0.39 is 0 Å². The lowest BCUT2D eigenvalue weighted by molar-refractivity contribution is 0.0856. The number of nitrogens with zero attached hydrogens (tertiary/aromatic N) is 2. The van der Waals surface area contributed by atoms with Gasteiger partial charge in [0.2, 0.25) is 0 Å². The molecule has 0 aromatic heterocycles. The van der Waals surface area contributed by atoms with Crippen LogP contribution < -0.4 is 10.4 Å². The first-order valence-corrected chi connectivity index (χ1v) is 5.79. The number of amides is 2. The van der Waals surface area contributed by atoms with Crippen LogP contribution in [0.5, 0.6) is 0 Å². The second-order valence-electron chi connectivity index (χ2n) is 4.04. The summed E-state index contributed by atoms with van der Waals surface area (Å²) in [6.45, 7) is 2.31. The Hall–Kier alpha value is -1.82. The summed E-state index contributed by atoms with van der Waals surface area (Å²) in [6, 6.07) is 6.41. The molecule has 1 aromatic rings. The van der Waals surface area contributed by atoms with E-state index >= 15 is 0 Å². The number of carbonyl (C=O) groups is 1. The molecule has 6 heteroatoms. The van der Waals surface area contributed by atoms with Gasteiger partial charge in [-0.3, -0.25) is 4.84 Å². The van der Waals surface area contributed by atoms with Gasteiger partial charge < -0.3 is 9.80 Å². The van der Waals surface area contributed by atoms with Crippen molar-refractivity contribution >= 4 is 11.7 Å². The van der Waals surface area contributed by atoms with Gasteiger partial charge in [-0.05, 0) is 12.1 Å². The van der Waals surface area contributed by atoms with Crippen LogP contribution in [-0.2, 0) is 4.84 Å². The normalized spacial score (nSPS) is 15.7. The standard InChI is InChI=1S/C12H16FN3O2/c1-18-14-12(17)16-8-6-15(7-9-16)11-5-3-2-4-10(11)13/h2-5H,6-9H2,1H3,(H,14,17). The van der Waals surface area contributed by atoms with E-state index in [4.69, 9.17) is 0 Å². The summed E-state index contributed by atoms with van der Waals surface area (Å²) in [5.41, 5.74) is 2.86. The van der Waals surface area contributed by atoms with Crippen molar-refractivity contribution in [3.8, 4) is 0 Å². The van der Waals surface area contributed by atoms with E-state index in [9.17, 15) is 9.18 Å². The van der Waals surface area contributed by atoms with Gasteiger partial charge in [-0.25, -0.2) is 14.7 Å². The van der Waals surface area contributed by atoms with Crippen LogP contribution in [0.1, 0.15) is 0 Å². The van der Waals surface area contributed by atoms with E-state index in [1.54, 1.807) is 17.0 Å². The molecule has 0 radical (unpaired) electrons. The maximum absolute atomic E-state index is 13.6. The summed E-state index contributed by atoms with van der Waals surface area (Å²) in [5.74, 6) is -0.229. The Labute approximate surface area is 105 Å². The zero-order chi connectivity index (χ0) is 13.0. The van der Waals surface area contributed by atoms with Crippen LogP contribution in [0, 0.1) is 5.82 Å². The van der Waals surface area contributed by atoms with Gasteiger partial charge in [0.25, 0.3) is 0 Å². The Morgan fingerprint density at radius 2 is 1.94 bits per heavy atom. The number of hydrogen-bond acceptors (Lipinski definition) is 3. The molecular formula is C12H16FN3O2. The average Bonchev–Trinajstić information content (AvgIpc) is 2.40. The van der Waals surface area contributed by atoms with Crippen molar-refractivity contribution in [1.82, 2.24) is 10.4 Å². The molecule has 5 nitrogen and oxygen atoms in total. The number of anilines is 1. The zero-order valence-corrected chi connectivity index (χ0v) is 10.2. The third kappa shape index (κ3) is 2.70. The first kappa shape index (κ1) is 12.6. The molecule has 1 saturated heterocycles. The van der Waals surface area contributed by atoms with Crippen molar-refractivity contribution in [3.63, 3.8) is 0 Å². The Balaban J connectivity index is 1.95. The molecule has 18 heavy (non-hydrogen) atoms. The summed E-state index contributed by atoms with van der Waals surface area (Å²) in [5, 5.41) is 0. The Kier molecular flexibility index (Phi) is 3.99. The van der Waals surface area contributed by atoms with Crippen LogP contribution in [0.15, 0.2) is 24.3 Å². The van der Waals surface area contributed by atoms with Crippen LogP contribution in [-0.4, -0.2) is 44.2 Å². The molecule has 1 aromatic carbocycles. The second kappa shape index (κ2) is 5.68. The Bertz CT molecular complexity index is 420. The minimum atomic E-state index is -0.259. The Morgan fingerprint density at radius 3 is 2.56 bits per heavy atom. The lowest BCUT2D eigenvalue weighted by Gasteiger charge is -2.35. The summed E-state index contributed by atoms with van der Waals surface area (Å²) in [4.78, 5) is 19.7. The quantitative estimate of drug-likeness (QED) is 0.806. The molecule has 2 rings (SSSR count). The number of piperazine rings is 1. The fourth-order valence-corrected chi connectivity index (χ4v) is 2.01. The molecule has 0 atom stereocenters. The van der Waals surface area contributed by atoms with Crippen molar-refractivity contribution in [2.24, 2.45) is 0 Å². The summed E-state index contributed by atoms with van der Waals surface area (Å²) < 4.78 is 13.6. The molecule has 0 unspecified atom stereocenters. The molecule has 0 saturated carbocycles. The lowest BCUT2D eigenvalue weighted by atomic mass is 10.2. The topological polar surface area (TPSA) is 44.8 Å². The molecule has 2 amide bonds. The van der Waals surface area contributed by atoms with Crippen LogP contribution in [0.25, 0.3) is 0 Å². The van der Waals surface area contributed by atoms with E-state index in [0.717, 1.165) is 0 Å². The van der Waals surface area contributed by atoms with Gasteiger partial charge in [-0.1, -0.05) is 12.1 Å². The highest BCUT2D eigenvalue weighted by Crippen LogP contribution is 2.19. The van der Waals surface area contributed by atoms with Crippen LogP contribution in [0.4, 0.5) is 14.9 Å². The van der Waals surface area contributed by atoms with Gasteiger partial charge in [-0.2, -0.15) is 0 Å². The number of hydrogen-bond donors (Lipinski definition) is 1. The van der Waals surface area contributed by atoms with E-state index in [0.29, 0.717) is 31.9 Å². The summed E-state index contributed by atoms with van der Waals surface area (Å²) in [6.07, 6.45) is 0. The van der Waals surface area contributed by atoms with E-state index in [1.807, 2.05) is 11.0 Å². The average molecular weight is 253 g/mol. The molecule has 98 valence electrons. The minimum Gasteiger partial charge on any atom is -0.366 e. The smallest absolute Gasteiger partial charge is 0.341 e. The Morgan fingerprint density at radius 1 is 1.28 bits per heavy atom.